The molecule has 2 aliphatic heterocycles. The molecule has 18 heteroatoms. The predicted molar refractivity (Wildman–Crippen MR) is 418 cm³/mol. The number of cyclic esters (lactones) is 4. The van der Waals surface area contributed by atoms with Crippen molar-refractivity contribution in [1.29, 1.82) is 0 Å². The summed E-state index contributed by atoms with van der Waals surface area (Å²) in [5.41, 5.74) is 32.6. The minimum Gasteiger partial charge on any atom is -0.457 e. The largest absolute Gasteiger partial charge is 0.457 e. The van der Waals surface area contributed by atoms with E-state index in [1.165, 1.54) is 43.8 Å². The maximum atomic E-state index is 12.6. The molecule has 2 saturated heterocycles. The van der Waals surface area contributed by atoms with Crippen LogP contribution in [0.2, 0.25) is 0 Å². The number of anilines is 4. The van der Waals surface area contributed by atoms with Crippen LogP contribution in [0.1, 0.15) is 46.2 Å². The van der Waals surface area contributed by atoms with E-state index < -0.39 is 64.1 Å². The fourth-order valence-corrected chi connectivity index (χ4v) is 14.4. The van der Waals surface area contributed by atoms with Gasteiger partial charge in [-0.1, -0.05) is 195 Å². The summed E-state index contributed by atoms with van der Waals surface area (Å²) in [6.07, 6.45) is 0.331. The number of hydrogen-bond donors (Lipinski definition) is 4. The Kier molecular flexibility index (Phi) is 19.0. The van der Waals surface area contributed by atoms with Gasteiger partial charge in [0.2, 0.25) is 0 Å². The molecule has 107 heavy (non-hydrogen) atoms. The Morgan fingerprint density at radius 3 is 1.11 bits per heavy atom. The molecule has 13 aromatic carbocycles. The molecule has 528 valence electrons. The van der Waals surface area contributed by atoms with E-state index in [4.69, 9.17) is 48.9 Å². The summed E-state index contributed by atoms with van der Waals surface area (Å²) in [5, 5.41) is 4.83. The molecule has 15 aromatic rings. The average molecular weight is 1420 g/mol. The molecule has 1 aliphatic carbocycles. The summed E-state index contributed by atoms with van der Waals surface area (Å²) >= 11 is 0. The van der Waals surface area contributed by atoms with Gasteiger partial charge in [0.1, 0.15) is 23.0 Å². The summed E-state index contributed by atoms with van der Waals surface area (Å²) in [7, 11) is 0. The quantitative estimate of drug-likeness (QED) is 0.0428. The molecule has 18 nitrogen and oxygen atoms in total. The van der Waals surface area contributed by atoms with Crippen LogP contribution >= 0.6 is 0 Å². The number of nitrogen functional groups attached to an aromatic ring is 4. The van der Waals surface area contributed by atoms with Gasteiger partial charge in [-0.05, 0) is 175 Å². The second kappa shape index (κ2) is 29.6. The van der Waals surface area contributed by atoms with Crippen LogP contribution in [0.25, 0.3) is 98.7 Å². The highest BCUT2D eigenvalue weighted by molar-refractivity contribution is 6.22. The van der Waals surface area contributed by atoms with Gasteiger partial charge in [-0.2, -0.15) is 0 Å². The molecule has 2 fully saturated rings. The van der Waals surface area contributed by atoms with Crippen LogP contribution < -0.4 is 54.9 Å². The normalized spacial score (nSPS) is 15.6. The van der Waals surface area contributed by atoms with Crippen molar-refractivity contribution < 1.29 is 49.9 Å². The molecule has 0 radical (unpaired) electrons. The van der Waals surface area contributed by atoms with E-state index in [0.29, 0.717) is 40.2 Å². The van der Waals surface area contributed by atoms with Gasteiger partial charge in [-0.25, -0.2) is 19.2 Å². The molecule has 4 unspecified atom stereocenters. The first-order chi connectivity index (χ1) is 52.5. The van der Waals surface area contributed by atoms with Crippen molar-refractivity contribution in [3.8, 4) is 78.6 Å². The van der Waals surface area contributed by atoms with Gasteiger partial charge >= 0.3 is 46.4 Å². The fourth-order valence-electron chi connectivity index (χ4n) is 14.4. The summed E-state index contributed by atoms with van der Waals surface area (Å²) < 4.78 is 41.2. The van der Waals surface area contributed by atoms with Crippen molar-refractivity contribution in [1.82, 2.24) is 0 Å². The number of esters is 4. The zero-order valence-electron chi connectivity index (χ0n) is 58.3. The zero-order valence-corrected chi connectivity index (χ0v) is 56.3. The highest BCUT2D eigenvalue weighted by Gasteiger charge is 2.53. The van der Waals surface area contributed by atoms with Gasteiger partial charge in [0, 0.05) is 42.4 Å². The lowest BCUT2D eigenvalue weighted by molar-refractivity contribution is -0.155. The maximum absolute atomic E-state index is 12.6. The van der Waals surface area contributed by atoms with Crippen LogP contribution in [-0.4, -0.2) is 23.9 Å². The lowest BCUT2D eigenvalue weighted by atomic mass is 9.67. The highest BCUT2D eigenvalue weighted by atomic mass is 16.6. The van der Waals surface area contributed by atoms with Crippen LogP contribution in [0.3, 0.4) is 0 Å². The van der Waals surface area contributed by atoms with Gasteiger partial charge in [0.25, 0.3) is 0 Å². The summed E-state index contributed by atoms with van der Waals surface area (Å²) in [5.74, 6) is -1.39. The standard InChI is InChI=1S/C26H20N2.C24H20N2O2.C22H10O6.C16H12O6.CH4.H2/c27-19-13-9-17(10-14-19)25-21-5-1-2-6-22(21)26(18-11-15-20(28)16-12-18)24-8-4-3-7-23(24)25;25-18-6-10-20(11-7-18)27-22-14-15-24(28-21-12-8-19(26)9-13-21)23(16-22)17-4-2-1-3-5-17;23-19-15-13(11-7-3-1-4-8-11)16-18(22(26)28-20(16)24)14(17(15)21(25)27-19)12-9-5-2-6-10-12;17-12-6-10(14(18)21-12)9-5-11-13(16(20)22-15(11)19)8-4-2-1-3-7(8)9;;/h1-16H,27-28H2;1-16H,25-26H2;1-10H;1-4,9-11,13H,5-6H2;1H4;1H/i;;;;;1+2D. The molecule has 4 atom stereocenters. The first kappa shape index (κ1) is 68.5. The Morgan fingerprint density at radius 2 is 0.692 bits per heavy atom. The Balaban J connectivity index is 0.000000127. The van der Waals surface area contributed by atoms with E-state index >= 15 is 0 Å². The molecular formula is C89H68N4O14. The SMILES string of the molecule is C.Nc1ccc(-c2c3ccccc3c(-c3ccc(N)cc3)c3ccccc23)cc1.Nc1ccc(Oc2ccc(Oc3ccc(N)cc3)c(-c3ccccc3)c2)cc1.O=C1CC(C2CC3C(=O)OC(=O)C3c3ccccc32)C(=O)O1.O=c1oc(=O)c2c(-c3ccccc3)c3c(=O)oc(=O)c3c(-c3ccccc3)c12.[2H][3H]. The summed E-state index contributed by atoms with van der Waals surface area (Å²) in [6, 6.07) is 88.4. The van der Waals surface area contributed by atoms with E-state index in [1.54, 1.807) is 72.8 Å². The van der Waals surface area contributed by atoms with E-state index in [1.807, 2.05) is 133 Å². The Bertz CT molecular complexity index is 5800. The minimum atomic E-state index is -0.856. The summed E-state index contributed by atoms with van der Waals surface area (Å²) in [6.45, 7) is 0. The first-order valence-electron chi connectivity index (χ1n) is 34.9. The molecule has 0 amide bonds. The molecule has 8 N–H and O–H groups in total. The number of furan rings is 2. The van der Waals surface area contributed by atoms with Gasteiger partial charge in [-0.15, -0.1) is 0 Å². The van der Waals surface area contributed by atoms with Gasteiger partial charge in [-0.3, -0.25) is 19.2 Å². The first-order valence-corrected chi connectivity index (χ1v) is 33.9. The van der Waals surface area contributed by atoms with Crippen molar-refractivity contribution >= 4 is 89.7 Å². The number of hydrogen-bond acceptors (Lipinski definition) is 18. The number of ether oxygens (including phenoxy) is 4. The number of carbonyl (C=O) groups is 4. The molecule has 0 bridgehead atoms. The van der Waals surface area contributed by atoms with Gasteiger partial charge in [0.05, 0.1) is 45.7 Å². The van der Waals surface area contributed by atoms with Crippen molar-refractivity contribution in [3.05, 3.63) is 332 Å². The predicted octanol–water partition coefficient (Wildman–Crippen LogP) is 17.4. The van der Waals surface area contributed by atoms with Crippen LogP contribution in [0, 0.1) is 11.8 Å². The topological polar surface area (TPSA) is 304 Å². The molecule has 2 aromatic heterocycles. The van der Waals surface area contributed by atoms with Crippen molar-refractivity contribution in [2.75, 3.05) is 22.9 Å². The molecule has 0 saturated carbocycles. The Labute approximate surface area is 614 Å². The number of carbonyl (C=O) groups excluding carboxylic acids is 4. The van der Waals surface area contributed by atoms with E-state index in [-0.39, 0.29) is 52.4 Å². The second-order valence-corrected chi connectivity index (χ2v) is 25.7. The third-order valence-corrected chi connectivity index (χ3v) is 19.2. The second-order valence-electron chi connectivity index (χ2n) is 25.7. The number of nitrogens with two attached hydrogens (primary N) is 4. The highest BCUT2D eigenvalue weighted by Crippen LogP contribution is 2.51. The minimum absolute atomic E-state index is 0. The van der Waals surface area contributed by atoms with Crippen LogP contribution in [0.15, 0.2) is 307 Å². The molecule has 18 rings (SSSR count). The number of benzene rings is 13. The average Bonchev–Trinajstić information content (AvgIpc) is 1.54. The van der Waals surface area contributed by atoms with E-state index in [9.17, 15) is 38.4 Å². The van der Waals surface area contributed by atoms with Gasteiger partial charge < -0.3 is 50.7 Å². The Hall–Kier alpha value is -14.3. The lowest BCUT2D eigenvalue weighted by Gasteiger charge is -2.32. The smallest absolute Gasteiger partial charge is 0.347 e. The van der Waals surface area contributed by atoms with Crippen LogP contribution in [-0.2, 0) is 28.7 Å². The van der Waals surface area contributed by atoms with E-state index in [2.05, 4.69) is 77.5 Å². The van der Waals surface area contributed by atoms with Crippen LogP contribution in [0.4, 0.5) is 22.7 Å². The summed E-state index contributed by atoms with van der Waals surface area (Å²) in [4.78, 5) is 97.4. The third kappa shape index (κ3) is 13.8. The monoisotopic (exact) mass is 1420 g/mol. The zero-order chi connectivity index (χ0) is 75.3. The molecule has 3 aliphatic rings. The molecule has 4 heterocycles. The number of rotatable bonds is 10. The number of fused-ring (bicyclic) bond motifs is 7. The van der Waals surface area contributed by atoms with Crippen molar-refractivity contribution in [2.45, 2.75) is 32.1 Å². The third-order valence-electron chi connectivity index (χ3n) is 19.2. The van der Waals surface area contributed by atoms with Crippen molar-refractivity contribution in [2.24, 2.45) is 11.8 Å². The molecular weight excluding hydrogens is 1350 g/mol. The lowest BCUT2D eigenvalue weighted by Crippen LogP contribution is -2.31. The van der Waals surface area contributed by atoms with Crippen molar-refractivity contribution in [3.63, 3.8) is 0 Å². The fraction of sp³-hybridized carbons (Fsp3) is 0.0787. The maximum Gasteiger partial charge on any atom is 0.347 e. The van der Waals surface area contributed by atoms with E-state index in [0.717, 1.165) is 45.3 Å². The molecule has 0 spiro atoms. The van der Waals surface area contributed by atoms with Crippen LogP contribution in [0.5, 0.6) is 23.0 Å². The Morgan fingerprint density at radius 1 is 0.336 bits per heavy atom. The van der Waals surface area contributed by atoms with Gasteiger partial charge in [0.15, 0.2) is 0 Å².